The number of Topliss-reactive ketones (excluding diaryl/α,β-unsaturated/α-hetero) is 1. The van der Waals surface area contributed by atoms with Gasteiger partial charge < -0.3 is 14.5 Å². The molecule has 1 aliphatic carbocycles. The molecule has 6 heteroatoms. The molecule has 0 bridgehead atoms. The molecule has 1 aromatic heterocycles. The smallest absolute Gasteiger partial charge is 0.168 e. The summed E-state index contributed by atoms with van der Waals surface area (Å²) < 4.78 is 5.16. The first-order valence-electron chi connectivity index (χ1n) is 7.56. The summed E-state index contributed by atoms with van der Waals surface area (Å²) in [5, 5.41) is 18.2. The van der Waals surface area contributed by atoms with E-state index in [0.717, 1.165) is 11.3 Å². The van der Waals surface area contributed by atoms with Crippen molar-refractivity contribution < 1.29 is 19.3 Å². The highest BCUT2D eigenvalue weighted by Gasteiger charge is 2.33. The van der Waals surface area contributed by atoms with Crippen LogP contribution in [0.2, 0.25) is 0 Å². The van der Waals surface area contributed by atoms with Gasteiger partial charge in [0.2, 0.25) is 0 Å². The van der Waals surface area contributed by atoms with Gasteiger partial charge in [-0.05, 0) is 27.2 Å². The molecule has 120 valence electrons. The number of aryl methyl sites for hydroxylation is 2. The number of hydrogen-bond acceptors (Lipinski definition) is 6. The Morgan fingerprint density at radius 3 is 2.64 bits per heavy atom. The van der Waals surface area contributed by atoms with E-state index in [2.05, 4.69) is 10.3 Å². The van der Waals surface area contributed by atoms with Crippen LogP contribution in [0.5, 0.6) is 0 Å². The van der Waals surface area contributed by atoms with E-state index in [1.54, 1.807) is 0 Å². The lowest BCUT2D eigenvalue weighted by molar-refractivity contribution is -0.116. The van der Waals surface area contributed by atoms with Crippen molar-refractivity contribution in [2.75, 3.05) is 6.61 Å². The summed E-state index contributed by atoms with van der Waals surface area (Å²) in [6.07, 6.45) is 1.23. The van der Waals surface area contributed by atoms with Crippen LogP contribution >= 0.6 is 0 Å². The Kier molecular flexibility index (Phi) is 5.00. The zero-order valence-electron chi connectivity index (χ0n) is 13.5. The van der Waals surface area contributed by atoms with Crippen LogP contribution in [0.25, 0.3) is 0 Å². The highest BCUT2D eigenvalue weighted by Crippen LogP contribution is 2.37. The van der Waals surface area contributed by atoms with Gasteiger partial charge in [0, 0.05) is 24.3 Å². The van der Waals surface area contributed by atoms with Gasteiger partial charge in [-0.2, -0.15) is 0 Å². The fraction of sp³-hybridized carbons (Fsp3) is 0.562. The van der Waals surface area contributed by atoms with Crippen LogP contribution in [0.1, 0.15) is 56.0 Å². The molecule has 0 amide bonds. The van der Waals surface area contributed by atoms with Crippen molar-refractivity contribution in [1.82, 2.24) is 5.16 Å². The Morgan fingerprint density at radius 1 is 1.41 bits per heavy atom. The number of hydrogen-bond donors (Lipinski definition) is 1. The van der Waals surface area contributed by atoms with Gasteiger partial charge in [0.25, 0.3) is 0 Å². The Hall–Kier alpha value is -2.11. The summed E-state index contributed by atoms with van der Waals surface area (Å²) in [6, 6.07) is 0. The van der Waals surface area contributed by atoms with Crippen LogP contribution in [0.4, 0.5) is 0 Å². The van der Waals surface area contributed by atoms with Gasteiger partial charge in [-0.3, -0.25) is 4.79 Å². The minimum Gasteiger partial charge on any atom is -0.511 e. The molecule has 0 spiro atoms. The standard InChI is InChI=1S/C16H22N2O4/c1-5-12(18-21-6-2)16-13(19)7-11(8-14(16)20)15-9(3)17-22-10(15)4/h11,19H,5-8H2,1-4H3. The molecule has 1 aromatic rings. The van der Waals surface area contributed by atoms with Crippen molar-refractivity contribution in [3.05, 3.63) is 28.3 Å². The number of carbonyl (C=O) groups excluding carboxylic acids is 1. The quantitative estimate of drug-likeness (QED) is 0.666. The van der Waals surface area contributed by atoms with Gasteiger partial charge >= 0.3 is 0 Å². The molecule has 0 saturated heterocycles. The Labute approximate surface area is 129 Å². The van der Waals surface area contributed by atoms with E-state index in [-0.39, 0.29) is 17.5 Å². The van der Waals surface area contributed by atoms with Gasteiger partial charge in [0.15, 0.2) is 5.78 Å². The summed E-state index contributed by atoms with van der Waals surface area (Å²) in [5.74, 6) is 0.550. The van der Waals surface area contributed by atoms with Crippen molar-refractivity contribution in [3.8, 4) is 0 Å². The molecular formula is C16H22N2O4. The van der Waals surface area contributed by atoms with Gasteiger partial charge in [0.05, 0.1) is 17.0 Å². The second-order valence-corrected chi connectivity index (χ2v) is 5.40. The van der Waals surface area contributed by atoms with Crippen molar-refractivity contribution >= 4 is 11.5 Å². The lowest BCUT2D eigenvalue weighted by atomic mass is 9.80. The van der Waals surface area contributed by atoms with Crippen LogP contribution < -0.4 is 0 Å². The summed E-state index contributed by atoms with van der Waals surface area (Å²) in [6.45, 7) is 7.80. The first-order chi connectivity index (χ1) is 10.5. The number of allylic oxidation sites excluding steroid dienone is 2. The molecule has 22 heavy (non-hydrogen) atoms. The number of aliphatic hydroxyl groups excluding tert-OH is 1. The third kappa shape index (κ3) is 3.05. The van der Waals surface area contributed by atoms with Gasteiger partial charge in [0.1, 0.15) is 18.1 Å². The fourth-order valence-electron chi connectivity index (χ4n) is 2.93. The number of aromatic nitrogens is 1. The monoisotopic (exact) mass is 306 g/mol. The van der Waals surface area contributed by atoms with Crippen molar-refractivity contribution in [1.29, 1.82) is 0 Å². The molecule has 1 unspecified atom stereocenters. The van der Waals surface area contributed by atoms with E-state index in [9.17, 15) is 9.90 Å². The van der Waals surface area contributed by atoms with E-state index in [1.165, 1.54) is 0 Å². The number of nitrogens with zero attached hydrogens (tertiary/aromatic N) is 2. The Balaban J connectivity index is 2.33. The number of ketones is 1. The SMILES string of the molecule is CCON=C(CC)C1=C(O)CC(c2c(C)noc2C)CC1=O. The number of rotatable bonds is 5. The van der Waals surface area contributed by atoms with E-state index >= 15 is 0 Å². The zero-order valence-corrected chi connectivity index (χ0v) is 13.5. The predicted octanol–water partition coefficient (Wildman–Crippen LogP) is 3.35. The van der Waals surface area contributed by atoms with Crippen LogP contribution in [-0.2, 0) is 9.63 Å². The summed E-state index contributed by atoms with van der Waals surface area (Å²) in [7, 11) is 0. The molecule has 2 rings (SSSR count). The van der Waals surface area contributed by atoms with Crippen LogP contribution in [-0.4, -0.2) is 28.4 Å². The highest BCUT2D eigenvalue weighted by molar-refractivity contribution is 6.23. The molecule has 1 aliphatic rings. The number of aliphatic hydroxyl groups is 1. The van der Waals surface area contributed by atoms with Crippen LogP contribution in [0.3, 0.4) is 0 Å². The Bertz CT molecular complexity index is 609. The van der Waals surface area contributed by atoms with Gasteiger partial charge in [-0.25, -0.2) is 0 Å². The lowest BCUT2D eigenvalue weighted by Crippen LogP contribution is -2.24. The lowest BCUT2D eigenvalue weighted by Gasteiger charge is -2.23. The maximum absolute atomic E-state index is 12.5. The van der Waals surface area contributed by atoms with E-state index in [4.69, 9.17) is 9.36 Å². The molecule has 0 aromatic carbocycles. The zero-order chi connectivity index (χ0) is 16.3. The first kappa shape index (κ1) is 16.3. The van der Waals surface area contributed by atoms with Crippen molar-refractivity contribution in [3.63, 3.8) is 0 Å². The summed E-state index contributed by atoms with van der Waals surface area (Å²) in [5.41, 5.74) is 2.49. The molecular weight excluding hydrogens is 284 g/mol. The van der Waals surface area contributed by atoms with Crippen molar-refractivity contribution in [2.24, 2.45) is 5.16 Å². The normalized spacial score (nSPS) is 19.7. The molecule has 1 heterocycles. The molecule has 1 atom stereocenters. The molecule has 0 radical (unpaired) electrons. The predicted molar refractivity (Wildman–Crippen MR) is 82.0 cm³/mol. The number of carbonyl (C=O) groups is 1. The molecule has 0 fully saturated rings. The van der Waals surface area contributed by atoms with Crippen LogP contribution in [0.15, 0.2) is 21.0 Å². The highest BCUT2D eigenvalue weighted by atomic mass is 16.6. The average molecular weight is 306 g/mol. The molecule has 6 nitrogen and oxygen atoms in total. The van der Waals surface area contributed by atoms with E-state index in [0.29, 0.717) is 42.9 Å². The largest absolute Gasteiger partial charge is 0.511 e. The number of oxime groups is 1. The topological polar surface area (TPSA) is 84.9 Å². The average Bonchev–Trinajstić information content (AvgIpc) is 2.80. The summed E-state index contributed by atoms with van der Waals surface area (Å²) >= 11 is 0. The third-order valence-corrected chi connectivity index (χ3v) is 3.86. The fourth-order valence-corrected chi connectivity index (χ4v) is 2.93. The third-order valence-electron chi connectivity index (χ3n) is 3.86. The molecule has 1 N–H and O–H groups in total. The first-order valence-corrected chi connectivity index (χ1v) is 7.56. The maximum Gasteiger partial charge on any atom is 0.168 e. The van der Waals surface area contributed by atoms with Gasteiger partial charge in [-0.1, -0.05) is 17.2 Å². The molecule has 0 aliphatic heterocycles. The minimum absolute atomic E-state index is 0.0709. The summed E-state index contributed by atoms with van der Waals surface area (Å²) in [4.78, 5) is 17.5. The minimum atomic E-state index is -0.117. The van der Waals surface area contributed by atoms with Crippen LogP contribution in [0, 0.1) is 13.8 Å². The van der Waals surface area contributed by atoms with Gasteiger partial charge in [-0.15, -0.1) is 0 Å². The van der Waals surface area contributed by atoms with E-state index in [1.807, 2.05) is 27.7 Å². The Morgan fingerprint density at radius 2 is 2.14 bits per heavy atom. The molecule has 0 saturated carbocycles. The van der Waals surface area contributed by atoms with E-state index < -0.39 is 0 Å². The van der Waals surface area contributed by atoms with Crippen molar-refractivity contribution in [2.45, 2.75) is 52.9 Å². The maximum atomic E-state index is 12.5. The second-order valence-electron chi connectivity index (χ2n) is 5.40. The second kappa shape index (κ2) is 6.77.